The van der Waals surface area contributed by atoms with Gasteiger partial charge in [-0.2, -0.15) is 0 Å². The minimum atomic E-state index is -0.171. The summed E-state index contributed by atoms with van der Waals surface area (Å²) in [4.78, 5) is 0. The van der Waals surface area contributed by atoms with Crippen molar-refractivity contribution in [3.05, 3.63) is 35.6 Å². The van der Waals surface area contributed by atoms with Gasteiger partial charge < -0.3 is 4.74 Å². The van der Waals surface area contributed by atoms with Crippen molar-refractivity contribution < 1.29 is 4.74 Å². The monoisotopic (exact) mass is 277 g/mol. The second kappa shape index (κ2) is 4.94. The molecule has 4 nitrogen and oxygen atoms in total. The van der Waals surface area contributed by atoms with Crippen molar-refractivity contribution in [2.75, 3.05) is 6.61 Å². The maximum atomic E-state index is 6.17. The lowest BCUT2D eigenvalue weighted by atomic mass is 10.0. The average molecular weight is 278 g/mol. The lowest BCUT2D eigenvalue weighted by Gasteiger charge is -2.24. The summed E-state index contributed by atoms with van der Waals surface area (Å²) in [6.07, 6.45) is 2.13. The molecule has 1 aromatic carbocycles. The van der Waals surface area contributed by atoms with Crippen molar-refractivity contribution in [3.8, 4) is 11.4 Å². The van der Waals surface area contributed by atoms with E-state index < -0.39 is 0 Å². The van der Waals surface area contributed by atoms with Gasteiger partial charge in [0.05, 0.1) is 12.1 Å². The van der Waals surface area contributed by atoms with Crippen molar-refractivity contribution in [3.63, 3.8) is 0 Å². The summed E-state index contributed by atoms with van der Waals surface area (Å²) in [7, 11) is 0. The number of halogens is 1. The number of hydrogen-bond acceptors (Lipinski definition) is 3. The van der Waals surface area contributed by atoms with Crippen LogP contribution in [0, 0.1) is 0 Å². The van der Waals surface area contributed by atoms with Crippen LogP contribution in [0.15, 0.2) is 30.3 Å². The maximum Gasteiger partial charge on any atom is 0.225 e. The van der Waals surface area contributed by atoms with Crippen molar-refractivity contribution in [2.45, 2.75) is 31.9 Å². The molecule has 1 unspecified atom stereocenters. The number of nitrogens with zero attached hydrogens (tertiary/aromatic N) is 3. The van der Waals surface area contributed by atoms with Crippen LogP contribution in [0.25, 0.3) is 11.4 Å². The Kier molecular flexibility index (Phi) is 3.29. The van der Waals surface area contributed by atoms with Crippen LogP contribution in [0.5, 0.6) is 0 Å². The Hall–Kier alpha value is -1.39. The number of ether oxygens (including phenoxy) is 1. The van der Waals surface area contributed by atoms with Gasteiger partial charge in [-0.3, -0.25) is 4.57 Å². The first-order valence-corrected chi connectivity index (χ1v) is 6.84. The molecule has 0 amide bonds. The minimum absolute atomic E-state index is 0.171. The van der Waals surface area contributed by atoms with E-state index in [-0.39, 0.29) is 5.60 Å². The van der Waals surface area contributed by atoms with E-state index in [0.29, 0.717) is 11.8 Å². The first kappa shape index (κ1) is 12.6. The molecule has 3 rings (SSSR count). The SMILES string of the molecule is CC1(Cn2c(Cl)nnc2-c2ccccc2)CCCO1. The van der Waals surface area contributed by atoms with E-state index in [2.05, 4.69) is 17.1 Å². The molecule has 2 heterocycles. The molecule has 1 fully saturated rings. The largest absolute Gasteiger partial charge is 0.373 e. The first-order chi connectivity index (χ1) is 9.18. The van der Waals surface area contributed by atoms with Crippen molar-refractivity contribution in [2.24, 2.45) is 0 Å². The zero-order valence-corrected chi connectivity index (χ0v) is 11.6. The fourth-order valence-electron chi connectivity index (χ4n) is 2.52. The fraction of sp³-hybridized carbons (Fsp3) is 0.429. The molecule has 1 aliphatic rings. The van der Waals surface area contributed by atoms with E-state index in [0.717, 1.165) is 30.8 Å². The van der Waals surface area contributed by atoms with Crippen LogP contribution in [-0.2, 0) is 11.3 Å². The third-order valence-electron chi connectivity index (χ3n) is 3.53. The molecule has 0 spiro atoms. The van der Waals surface area contributed by atoms with Crippen LogP contribution in [-0.4, -0.2) is 27.0 Å². The molecular formula is C14H16ClN3O. The Morgan fingerprint density at radius 3 is 2.79 bits per heavy atom. The van der Waals surface area contributed by atoms with Crippen LogP contribution in [0.4, 0.5) is 0 Å². The summed E-state index contributed by atoms with van der Waals surface area (Å²) in [6.45, 7) is 3.62. The average Bonchev–Trinajstić information content (AvgIpc) is 2.99. The smallest absolute Gasteiger partial charge is 0.225 e. The summed E-state index contributed by atoms with van der Waals surface area (Å²) < 4.78 is 7.76. The molecule has 1 aromatic heterocycles. The first-order valence-electron chi connectivity index (χ1n) is 6.46. The second-order valence-corrected chi connectivity index (χ2v) is 5.48. The number of aromatic nitrogens is 3. The molecule has 2 aromatic rings. The zero-order chi connectivity index (χ0) is 13.3. The normalized spacial score (nSPS) is 22.8. The Bertz CT molecular complexity index is 561. The molecule has 1 atom stereocenters. The second-order valence-electron chi connectivity index (χ2n) is 5.15. The molecular weight excluding hydrogens is 262 g/mol. The summed E-state index contributed by atoms with van der Waals surface area (Å²) in [5, 5.41) is 8.59. The molecule has 0 N–H and O–H groups in total. The Morgan fingerprint density at radius 2 is 2.11 bits per heavy atom. The Morgan fingerprint density at radius 1 is 1.32 bits per heavy atom. The summed E-state index contributed by atoms with van der Waals surface area (Å²) >= 11 is 6.17. The van der Waals surface area contributed by atoms with Gasteiger partial charge in [0.25, 0.3) is 0 Å². The summed E-state index contributed by atoms with van der Waals surface area (Å²) in [5.74, 6) is 0.794. The number of hydrogen-bond donors (Lipinski definition) is 0. The molecule has 0 bridgehead atoms. The number of benzene rings is 1. The van der Waals surface area contributed by atoms with Gasteiger partial charge in [0.2, 0.25) is 5.28 Å². The van der Waals surface area contributed by atoms with Gasteiger partial charge in [0.15, 0.2) is 5.82 Å². The molecule has 0 radical (unpaired) electrons. The van der Waals surface area contributed by atoms with E-state index in [1.54, 1.807) is 0 Å². The van der Waals surface area contributed by atoms with Crippen LogP contribution in [0.2, 0.25) is 5.28 Å². The van der Waals surface area contributed by atoms with Crippen LogP contribution in [0.1, 0.15) is 19.8 Å². The highest BCUT2D eigenvalue weighted by Crippen LogP contribution is 2.30. The van der Waals surface area contributed by atoms with Gasteiger partial charge in [-0.15, -0.1) is 10.2 Å². The third-order valence-corrected chi connectivity index (χ3v) is 3.81. The highest BCUT2D eigenvalue weighted by Gasteiger charge is 2.32. The molecule has 5 heteroatoms. The van der Waals surface area contributed by atoms with Crippen molar-refractivity contribution >= 4 is 11.6 Å². The van der Waals surface area contributed by atoms with Gasteiger partial charge >= 0.3 is 0 Å². The predicted octanol–water partition coefficient (Wildman–Crippen LogP) is 3.17. The molecule has 0 aliphatic carbocycles. The lowest BCUT2D eigenvalue weighted by molar-refractivity contribution is 0.00654. The van der Waals surface area contributed by atoms with E-state index in [1.165, 1.54) is 0 Å². The van der Waals surface area contributed by atoms with Gasteiger partial charge in [-0.1, -0.05) is 30.3 Å². The van der Waals surface area contributed by atoms with Gasteiger partial charge in [-0.05, 0) is 31.4 Å². The molecule has 0 saturated carbocycles. The molecule has 100 valence electrons. The van der Waals surface area contributed by atoms with Gasteiger partial charge in [-0.25, -0.2) is 0 Å². The molecule has 1 aliphatic heterocycles. The fourth-order valence-corrected chi connectivity index (χ4v) is 2.70. The standard InChI is InChI=1S/C14H16ClN3O/c1-14(8-5-9-19-14)10-18-12(16-17-13(18)15)11-6-3-2-4-7-11/h2-4,6-7H,5,8-10H2,1H3. The Balaban J connectivity index is 1.95. The lowest BCUT2D eigenvalue weighted by Crippen LogP contribution is -2.30. The quantitative estimate of drug-likeness (QED) is 0.865. The van der Waals surface area contributed by atoms with Crippen LogP contribution < -0.4 is 0 Å². The van der Waals surface area contributed by atoms with Crippen molar-refractivity contribution in [1.29, 1.82) is 0 Å². The van der Waals surface area contributed by atoms with E-state index in [9.17, 15) is 0 Å². The van der Waals surface area contributed by atoms with Crippen LogP contribution in [0.3, 0.4) is 0 Å². The third kappa shape index (κ3) is 2.51. The summed E-state index contributed by atoms with van der Waals surface area (Å²) in [5.41, 5.74) is 0.846. The van der Waals surface area contributed by atoms with Gasteiger partial charge in [0.1, 0.15) is 0 Å². The predicted molar refractivity (Wildman–Crippen MR) is 74.1 cm³/mol. The van der Waals surface area contributed by atoms with Crippen LogP contribution >= 0.6 is 11.6 Å². The minimum Gasteiger partial charge on any atom is -0.373 e. The highest BCUT2D eigenvalue weighted by molar-refractivity contribution is 6.28. The number of rotatable bonds is 3. The van der Waals surface area contributed by atoms with E-state index in [4.69, 9.17) is 16.3 Å². The van der Waals surface area contributed by atoms with Crippen molar-refractivity contribution in [1.82, 2.24) is 14.8 Å². The summed E-state index contributed by atoms with van der Waals surface area (Å²) in [6, 6.07) is 9.96. The highest BCUT2D eigenvalue weighted by atomic mass is 35.5. The molecule has 1 saturated heterocycles. The molecule has 19 heavy (non-hydrogen) atoms. The van der Waals surface area contributed by atoms with E-state index in [1.807, 2.05) is 34.9 Å². The topological polar surface area (TPSA) is 39.9 Å². The Labute approximate surface area is 117 Å². The maximum absolute atomic E-state index is 6.17. The van der Waals surface area contributed by atoms with E-state index >= 15 is 0 Å². The van der Waals surface area contributed by atoms with Gasteiger partial charge in [0, 0.05) is 12.2 Å². The zero-order valence-electron chi connectivity index (χ0n) is 10.8.